The highest BCUT2D eigenvalue weighted by Crippen LogP contribution is 2.37. The van der Waals surface area contributed by atoms with Crippen LogP contribution in [0.4, 0.5) is 17.6 Å². The van der Waals surface area contributed by atoms with E-state index in [1.165, 1.54) is 13.0 Å². The number of nitrogens with zero attached hydrogens (tertiary/aromatic N) is 1. The van der Waals surface area contributed by atoms with E-state index in [2.05, 4.69) is 4.98 Å². The minimum absolute atomic E-state index is 0.0452. The van der Waals surface area contributed by atoms with Crippen molar-refractivity contribution in [2.75, 3.05) is 0 Å². The Morgan fingerprint density at radius 3 is 2.45 bits per heavy atom. The average Bonchev–Trinajstić information content (AvgIpc) is 2.39. The molecular weight excluding hydrogens is 324 g/mol. The van der Waals surface area contributed by atoms with Crippen molar-refractivity contribution in [2.45, 2.75) is 13.1 Å². The minimum Gasteiger partial charge on any atom is -0.325 e. The van der Waals surface area contributed by atoms with Gasteiger partial charge in [-0.3, -0.25) is 4.79 Å². The lowest BCUT2D eigenvalue weighted by atomic mass is 9.98. The van der Waals surface area contributed by atoms with Gasteiger partial charge in [0.05, 0.1) is 10.6 Å². The molecule has 8 heteroatoms. The van der Waals surface area contributed by atoms with Gasteiger partial charge in [-0.15, -0.1) is 0 Å². The zero-order chi connectivity index (χ0) is 16.7. The topological polar surface area (TPSA) is 56.6 Å². The van der Waals surface area contributed by atoms with E-state index in [9.17, 15) is 22.4 Å². The van der Waals surface area contributed by atoms with Gasteiger partial charge in [0, 0.05) is 11.3 Å². The molecule has 0 aliphatic carbocycles. The van der Waals surface area contributed by atoms with Crippen molar-refractivity contribution in [1.29, 1.82) is 5.26 Å². The molecule has 0 aliphatic rings. The third-order valence-electron chi connectivity index (χ3n) is 2.92. The highest BCUT2D eigenvalue weighted by Gasteiger charge is 2.35. The van der Waals surface area contributed by atoms with Crippen LogP contribution >= 0.6 is 11.6 Å². The Bertz CT molecular complexity index is 850. The van der Waals surface area contributed by atoms with Crippen molar-refractivity contribution in [3.63, 3.8) is 0 Å². The zero-order valence-corrected chi connectivity index (χ0v) is 11.7. The molecule has 0 saturated heterocycles. The number of rotatable bonds is 1. The number of hydrogen-bond acceptors (Lipinski definition) is 2. The number of aromatic nitrogens is 1. The van der Waals surface area contributed by atoms with Gasteiger partial charge >= 0.3 is 6.18 Å². The molecule has 1 heterocycles. The summed E-state index contributed by atoms with van der Waals surface area (Å²) in [5, 5.41) is 8.26. The maximum absolute atomic E-state index is 13.5. The molecule has 1 aromatic carbocycles. The Hall–Kier alpha value is -2.33. The lowest BCUT2D eigenvalue weighted by Gasteiger charge is -2.12. The van der Waals surface area contributed by atoms with Gasteiger partial charge in [0.2, 0.25) is 0 Å². The lowest BCUT2D eigenvalue weighted by molar-refractivity contribution is -0.139. The van der Waals surface area contributed by atoms with Gasteiger partial charge in [-0.1, -0.05) is 11.6 Å². The third kappa shape index (κ3) is 2.83. The fourth-order valence-electron chi connectivity index (χ4n) is 1.98. The second-order valence-corrected chi connectivity index (χ2v) is 4.91. The Kier molecular flexibility index (Phi) is 3.98. The first kappa shape index (κ1) is 16.0. The smallest absolute Gasteiger partial charge is 0.325 e. The van der Waals surface area contributed by atoms with Crippen LogP contribution in [-0.4, -0.2) is 4.98 Å². The van der Waals surface area contributed by atoms with Crippen LogP contribution in [0.5, 0.6) is 0 Å². The number of hydrogen-bond donors (Lipinski definition) is 1. The summed E-state index contributed by atoms with van der Waals surface area (Å²) in [6.07, 6.45) is -4.95. The van der Waals surface area contributed by atoms with E-state index in [1.807, 2.05) is 0 Å². The summed E-state index contributed by atoms with van der Waals surface area (Å²) in [4.78, 5) is 14.1. The number of benzene rings is 1. The standard InChI is InChI=1S/C14H7ClF4N2O/c1-6-2-8(9(5-20)13(22)21-6)7-3-10(14(17,18)19)12(16)11(15)4-7/h2-4H,1H3,(H,21,22). The van der Waals surface area contributed by atoms with Crippen molar-refractivity contribution in [2.24, 2.45) is 0 Å². The van der Waals surface area contributed by atoms with Crippen LogP contribution in [-0.2, 0) is 6.18 Å². The SMILES string of the molecule is Cc1cc(-c2cc(Cl)c(F)c(C(F)(F)F)c2)c(C#N)c(=O)[nH]1. The molecule has 0 atom stereocenters. The van der Waals surface area contributed by atoms with Crippen LogP contribution in [0, 0.1) is 24.1 Å². The first-order chi connectivity index (χ1) is 10.1. The zero-order valence-electron chi connectivity index (χ0n) is 11.0. The van der Waals surface area contributed by atoms with E-state index >= 15 is 0 Å². The maximum Gasteiger partial charge on any atom is 0.419 e. The molecule has 2 rings (SSSR count). The average molecular weight is 331 g/mol. The van der Waals surface area contributed by atoms with Crippen molar-refractivity contribution >= 4 is 11.6 Å². The van der Waals surface area contributed by atoms with E-state index in [0.29, 0.717) is 11.8 Å². The van der Waals surface area contributed by atoms with Crippen molar-refractivity contribution < 1.29 is 17.6 Å². The van der Waals surface area contributed by atoms with Gasteiger partial charge in [-0.25, -0.2) is 4.39 Å². The maximum atomic E-state index is 13.5. The van der Waals surface area contributed by atoms with E-state index in [-0.39, 0.29) is 16.7 Å². The van der Waals surface area contributed by atoms with E-state index in [0.717, 1.165) is 6.07 Å². The molecule has 0 spiro atoms. The minimum atomic E-state index is -4.95. The van der Waals surface area contributed by atoms with Crippen molar-refractivity contribution in [3.8, 4) is 17.2 Å². The molecule has 114 valence electrons. The predicted octanol–water partition coefficient (Wildman–Crippen LogP) is 4.03. The normalized spacial score (nSPS) is 11.3. The Morgan fingerprint density at radius 1 is 1.27 bits per heavy atom. The molecule has 0 amide bonds. The number of halogens is 5. The molecule has 3 nitrogen and oxygen atoms in total. The third-order valence-corrected chi connectivity index (χ3v) is 3.20. The van der Waals surface area contributed by atoms with E-state index in [1.54, 1.807) is 6.07 Å². The molecule has 0 fully saturated rings. The summed E-state index contributed by atoms with van der Waals surface area (Å²) in [6.45, 7) is 1.50. The van der Waals surface area contributed by atoms with E-state index < -0.39 is 28.1 Å². The number of aryl methyl sites for hydroxylation is 1. The summed E-state index contributed by atoms with van der Waals surface area (Å²) in [5.41, 5.74) is -2.54. The summed E-state index contributed by atoms with van der Waals surface area (Å²) < 4.78 is 52.1. The first-order valence-corrected chi connectivity index (χ1v) is 6.23. The number of nitriles is 1. The monoisotopic (exact) mass is 330 g/mol. The fraction of sp³-hybridized carbons (Fsp3) is 0.143. The fourth-order valence-corrected chi connectivity index (χ4v) is 2.20. The largest absolute Gasteiger partial charge is 0.419 e. The van der Waals surface area contributed by atoms with Crippen LogP contribution in [0.3, 0.4) is 0 Å². The van der Waals surface area contributed by atoms with Crippen molar-refractivity contribution in [1.82, 2.24) is 4.98 Å². The first-order valence-electron chi connectivity index (χ1n) is 5.85. The summed E-state index contributed by atoms with van der Waals surface area (Å²) in [7, 11) is 0. The van der Waals surface area contributed by atoms with Gasteiger partial charge in [0.15, 0.2) is 5.82 Å². The van der Waals surface area contributed by atoms with Gasteiger partial charge in [0.1, 0.15) is 11.6 Å². The predicted molar refractivity (Wildman–Crippen MR) is 71.9 cm³/mol. The second kappa shape index (κ2) is 5.46. The Labute approximate surface area is 126 Å². The molecule has 0 saturated carbocycles. The Morgan fingerprint density at radius 2 is 1.91 bits per heavy atom. The quantitative estimate of drug-likeness (QED) is 0.802. The molecule has 1 aromatic heterocycles. The molecule has 1 N–H and O–H groups in total. The van der Waals surface area contributed by atoms with E-state index in [4.69, 9.17) is 16.9 Å². The summed E-state index contributed by atoms with van der Waals surface area (Å²) in [5.74, 6) is -1.60. The van der Waals surface area contributed by atoms with Crippen LogP contribution in [0.25, 0.3) is 11.1 Å². The van der Waals surface area contributed by atoms with Gasteiger partial charge < -0.3 is 4.98 Å². The Balaban J connectivity index is 2.83. The molecule has 0 bridgehead atoms. The summed E-state index contributed by atoms with van der Waals surface area (Å²) in [6, 6.07) is 4.41. The molecule has 0 unspecified atom stereocenters. The number of nitrogens with one attached hydrogen (secondary N) is 1. The molecule has 22 heavy (non-hydrogen) atoms. The molecular formula is C14H7ClF4N2O. The number of H-pyrrole nitrogens is 1. The van der Waals surface area contributed by atoms with Crippen molar-refractivity contribution in [3.05, 3.63) is 56.2 Å². The lowest BCUT2D eigenvalue weighted by Crippen LogP contribution is -2.13. The van der Waals surface area contributed by atoms with Crippen LogP contribution in [0.1, 0.15) is 16.8 Å². The molecule has 0 radical (unpaired) electrons. The summed E-state index contributed by atoms with van der Waals surface area (Å²) >= 11 is 5.51. The molecule has 0 aliphatic heterocycles. The van der Waals surface area contributed by atoms with Crippen LogP contribution < -0.4 is 5.56 Å². The number of pyridine rings is 1. The van der Waals surface area contributed by atoms with Gasteiger partial charge in [-0.2, -0.15) is 18.4 Å². The second-order valence-electron chi connectivity index (χ2n) is 4.50. The van der Waals surface area contributed by atoms with Crippen LogP contribution in [0.15, 0.2) is 23.0 Å². The van der Waals surface area contributed by atoms with Gasteiger partial charge in [-0.05, 0) is 30.7 Å². The number of alkyl halides is 3. The van der Waals surface area contributed by atoms with Crippen LogP contribution in [0.2, 0.25) is 5.02 Å². The highest BCUT2D eigenvalue weighted by molar-refractivity contribution is 6.31. The number of aromatic amines is 1. The van der Waals surface area contributed by atoms with Gasteiger partial charge in [0.25, 0.3) is 5.56 Å². The highest BCUT2D eigenvalue weighted by atomic mass is 35.5. The molecule has 2 aromatic rings.